The minimum absolute atomic E-state index is 0.0340. The minimum atomic E-state index is -4.78. The number of nitrogens with one attached hydrogen (secondary N) is 1. The highest BCUT2D eigenvalue weighted by atomic mass is 19.4. The molecule has 0 aliphatic carbocycles. The smallest absolute Gasteiger partial charge is 0.481 e. The summed E-state index contributed by atoms with van der Waals surface area (Å²) < 4.78 is 47.3. The van der Waals surface area contributed by atoms with Crippen LogP contribution in [0.4, 0.5) is 13.2 Å². The normalized spacial score (nSPS) is 12.4. The zero-order valence-corrected chi connectivity index (χ0v) is 25.3. The lowest BCUT2D eigenvalue weighted by molar-refractivity contribution is -0.274. The second-order valence-electron chi connectivity index (χ2n) is 11.8. The molecular formula is C36H31F3N2O5. The molecule has 1 atom stereocenters. The molecule has 10 heteroatoms. The Bertz CT molecular complexity index is 1850. The predicted octanol–water partition coefficient (Wildman–Crippen LogP) is 8.84. The number of amides is 1. The van der Waals surface area contributed by atoms with Crippen LogP contribution >= 0.6 is 0 Å². The summed E-state index contributed by atoms with van der Waals surface area (Å²) in [7, 11) is 0. The standard InChI is InChI=1S/C36H31F3N2O5/c1-35(2,3)27-11-16-28(17-12-27)45-30-15-10-25-19-32(40-21-26(25)18-30)34(44)41-31(20-33(42)43)24-6-4-22(5-7-24)23-8-13-29(14-9-23)46-36(37,38)39/h4-19,21,31H,20H2,1-3H3,(H,41,44)(H,42,43). The Morgan fingerprint density at radius 1 is 0.783 bits per heavy atom. The lowest BCUT2D eigenvalue weighted by Gasteiger charge is -2.19. The molecule has 0 aliphatic heterocycles. The number of hydrogen-bond donors (Lipinski definition) is 2. The first-order valence-corrected chi connectivity index (χ1v) is 14.4. The van der Waals surface area contributed by atoms with E-state index in [-0.39, 0.29) is 23.3 Å². The van der Waals surface area contributed by atoms with E-state index in [1.165, 1.54) is 29.8 Å². The summed E-state index contributed by atoms with van der Waals surface area (Å²) >= 11 is 0. The summed E-state index contributed by atoms with van der Waals surface area (Å²) in [6, 6.07) is 26.2. The number of carbonyl (C=O) groups is 2. The van der Waals surface area contributed by atoms with Gasteiger partial charge < -0.3 is 19.9 Å². The third kappa shape index (κ3) is 8.20. The minimum Gasteiger partial charge on any atom is -0.481 e. The number of pyridine rings is 1. The van der Waals surface area contributed by atoms with Gasteiger partial charge in [0.05, 0.1) is 12.5 Å². The first-order chi connectivity index (χ1) is 21.7. The summed E-state index contributed by atoms with van der Waals surface area (Å²) in [5.41, 5.74) is 3.20. The topological polar surface area (TPSA) is 97.8 Å². The van der Waals surface area contributed by atoms with Crippen molar-refractivity contribution in [3.63, 3.8) is 0 Å². The molecule has 236 valence electrons. The Morgan fingerprint density at radius 3 is 1.96 bits per heavy atom. The van der Waals surface area contributed by atoms with E-state index in [2.05, 4.69) is 35.8 Å². The number of ether oxygens (including phenoxy) is 2. The molecule has 4 aromatic carbocycles. The van der Waals surface area contributed by atoms with Gasteiger partial charge in [-0.2, -0.15) is 0 Å². The van der Waals surface area contributed by atoms with Crippen LogP contribution in [0.5, 0.6) is 17.2 Å². The molecule has 46 heavy (non-hydrogen) atoms. The number of benzene rings is 4. The summed E-state index contributed by atoms with van der Waals surface area (Å²) in [4.78, 5) is 29.2. The van der Waals surface area contributed by atoms with Gasteiger partial charge in [-0.25, -0.2) is 0 Å². The van der Waals surface area contributed by atoms with Crippen LogP contribution in [0, 0.1) is 0 Å². The SMILES string of the molecule is CC(C)(C)c1ccc(Oc2ccc3cc(C(=O)NC(CC(=O)O)c4ccc(-c5ccc(OC(F)(F)F)cc5)cc4)ncc3c2)cc1. The van der Waals surface area contributed by atoms with Crippen molar-refractivity contribution in [2.24, 2.45) is 0 Å². The van der Waals surface area contributed by atoms with Crippen LogP contribution in [0.2, 0.25) is 0 Å². The Balaban J connectivity index is 1.28. The highest BCUT2D eigenvalue weighted by molar-refractivity contribution is 5.97. The fourth-order valence-electron chi connectivity index (χ4n) is 4.88. The molecule has 0 fully saturated rings. The molecule has 1 unspecified atom stereocenters. The number of aliphatic carboxylic acids is 1. The third-order valence-electron chi connectivity index (χ3n) is 7.30. The monoisotopic (exact) mass is 628 g/mol. The highest BCUT2D eigenvalue weighted by Gasteiger charge is 2.31. The summed E-state index contributed by atoms with van der Waals surface area (Å²) in [6.07, 6.45) is -3.60. The summed E-state index contributed by atoms with van der Waals surface area (Å²) in [5.74, 6) is -0.679. The Labute approximate surface area is 263 Å². The van der Waals surface area contributed by atoms with Crippen LogP contribution in [0.15, 0.2) is 103 Å². The van der Waals surface area contributed by atoms with Gasteiger partial charge in [0.25, 0.3) is 5.91 Å². The fourth-order valence-corrected chi connectivity index (χ4v) is 4.88. The highest BCUT2D eigenvalue weighted by Crippen LogP contribution is 2.30. The second kappa shape index (κ2) is 12.9. The van der Waals surface area contributed by atoms with Gasteiger partial charge in [-0.3, -0.25) is 14.6 Å². The second-order valence-corrected chi connectivity index (χ2v) is 11.8. The quantitative estimate of drug-likeness (QED) is 0.169. The van der Waals surface area contributed by atoms with E-state index in [0.29, 0.717) is 28.2 Å². The summed E-state index contributed by atoms with van der Waals surface area (Å²) in [6.45, 7) is 6.43. The molecule has 5 aromatic rings. The van der Waals surface area contributed by atoms with Gasteiger partial charge in [0.2, 0.25) is 0 Å². The van der Waals surface area contributed by atoms with Gasteiger partial charge in [-0.1, -0.05) is 75.4 Å². The van der Waals surface area contributed by atoms with E-state index >= 15 is 0 Å². The molecule has 0 bridgehead atoms. The van der Waals surface area contributed by atoms with Crippen LogP contribution in [0.3, 0.4) is 0 Å². The van der Waals surface area contributed by atoms with Crippen LogP contribution in [0.25, 0.3) is 21.9 Å². The molecule has 0 spiro atoms. The first kappa shape index (κ1) is 32.0. The van der Waals surface area contributed by atoms with E-state index in [9.17, 15) is 27.9 Å². The van der Waals surface area contributed by atoms with E-state index in [4.69, 9.17) is 4.74 Å². The Morgan fingerprint density at radius 2 is 1.37 bits per heavy atom. The van der Waals surface area contributed by atoms with Gasteiger partial charge in [0, 0.05) is 11.6 Å². The van der Waals surface area contributed by atoms with Crippen LogP contribution < -0.4 is 14.8 Å². The summed E-state index contributed by atoms with van der Waals surface area (Å²) in [5, 5.41) is 13.8. The zero-order valence-electron chi connectivity index (χ0n) is 25.3. The van der Waals surface area contributed by atoms with Crippen LogP contribution in [0.1, 0.15) is 54.8 Å². The molecule has 1 aromatic heterocycles. The Kier molecular flexibility index (Phi) is 9.00. The molecular weight excluding hydrogens is 597 g/mol. The zero-order chi connectivity index (χ0) is 33.1. The molecule has 0 saturated carbocycles. The third-order valence-corrected chi connectivity index (χ3v) is 7.30. The van der Waals surface area contributed by atoms with Gasteiger partial charge >= 0.3 is 12.3 Å². The molecule has 1 amide bonds. The first-order valence-electron chi connectivity index (χ1n) is 14.4. The lowest BCUT2D eigenvalue weighted by Crippen LogP contribution is -2.30. The number of carboxylic acids is 1. The van der Waals surface area contributed by atoms with Gasteiger partial charge in [0.1, 0.15) is 22.9 Å². The molecule has 2 N–H and O–H groups in total. The van der Waals surface area contributed by atoms with Crippen molar-refractivity contribution < 1.29 is 37.3 Å². The average Bonchev–Trinajstić information content (AvgIpc) is 3.00. The molecule has 1 heterocycles. The molecule has 0 radical (unpaired) electrons. The van der Waals surface area contributed by atoms with Crippen molar-refractivity contribution in [3.8, 4) is 28.4 Å². The predicted molar refractivity (Wildman–Crippen MR) is 168 cm³/mol. The van der Waals surface area contributed by atoms with E-state index < -0.39 is 24.3 Å². The van der Waals surface area contributed by atoms with Gasteiger partial charge in [-0.15, -0.1) is 13.2 Å². The largest absolute Gasteiger partial charge is 0.573 e. The lowest BCUT2D eigenvalue weighted by atomic mass is 9.87. The number of carboxylic acid groups (broad SMARTS) is 1. The van der Waals surface area contributed by atoms with Crippen LogP contribution in [-0.2, 0) is 10.2 Å². The van der Waals surface area contributed by atoms with E-state index in [1.807, 2.05) is 36.4 Å². The number of hydrogen-bond acceptors (Lipinski definition) is 5. The van der Waals surface area contributed by atoms with Crippen molar-refractivity contribution in [1.82, 2.24) is 10.3 Å². The van der Waals surface area contributed by atoms with Gasteiger partial charge in [0.15, 0.2) is 0 Å². The maximum atomic E-state index is 13.2. The Hall–Kier alpha value is -5.38. The fraction of sp³-hybridized carbons (Fsp3) is 0.194. The van der Waals surface area contributed by atoms with Crippen molar-refractivity contribution in [2.45, 2.75) is 45.0 Å². The number of fused-ring (bicyclic) bond motifs is 1. The van der Waals surface area contributed by atoms with Crippen molar-refractivity contribution in [3.05, 3.63) is 120 Å². The van der Waals surface area contributed by atoms with Crippen molar-refractivity contribution >= 4 is 22.6 Å². The number of nitrogens with zero attached hydrogens (tertiary/aromatic N) is 1. The maximum absolute atomic E-state index is 13.2. The van der Waals surface area contributed by atoms with Gasteiger partial charge in [-0.05, 0) is 75.5 Å². The molecule has 0 aliphatic rings. The number of halogens is 3. The number of aromatic nitrogens is 1. The van der Waals surface area contributed by atoms with Crippen molar-refractivity contribution in [2.75, 3.05) is 0 Å². The van der Waals surface area contributed by atoms with E-state index in [1.54, 1.807) is 42.6 Å². The number of rotatable bonds is 9. The van der Waals surface area contributed by atoms with Crippen LogP contribution in [-0.4, -0.2) is 28.3 Å². The maximum Gasteiger partial charge on any atom is 0.573 e. The molecule has 7 nitrogen and oxygen atoms in total. The number of carbonyl (C=O) groups excluding carboxylic acids is 1. The van der Waals surface area contributed by atoms with Crippen molar-refractivity contribution in [1.29, 1.82) is 0 Å². The van der Waals surface area contributed by atoms with E-state index in [0.717, 1.165) is 10.8 Å². The average molecular weight is 629 g/mol. The number of alkyl halides is 3. The molecule has 5 rings (SSSR count). The molecule has 0 saturated heterocycles.